The number of aliphatic hydroxyl groups excluding tert-OH is 1. The summed E-state index contributed by atoms with van der Waals surface area (Å²) in [6.07, 6.45) is 4.81. The predicted octanol–water partition coefficient (Wildman–Crippen LogP) is 0.644. The van der Waals surface area contributed by atoms with Crippen LogP contribution in [0.5, 0.6) is 0 Å². The van der Waals surface area contributed by atoms with Gasteiger partial charge in [0.2, 0.25) is 0 Å². The fourth-order valence-corrected chi connectivity index (χ4v) is 2.38. The van der Waals surface area contributed by atoms with E-state index in [4.69, 9.17) is 5.11 Å². The Labute approximate surface area is 70.7 Å². The van der Waals surface area contributed by atoms with Crippen molar-refractivity contribution >= 4 is 5.97 Å². The van der Waals surface area contributed by atoms with E-state index in [2.05, 4.69) is 0 Å². The van der Waals surface area contributed by atoms with Gasteiger partial charge >= 0.3 is 5.97 Å². The number of fused-ring (bicyclic) bond motifs is 1. The third-order valence-corrected chi connectivity index (χ3v) is 2.95. The summed E-state index contributed by atoms with van der Waals surface area (Å²) in [5.41, 5.74) is 0. The maximum absolute atomic E-state index is 10.7. The van der Waals surface area contributed by atoms with Crippen molar-refractivity contribution in [2.24, 2.45) is 17.8 Å². The molecule has 0 aliphatic heterocycles. The Morgan fingerprint density at radius 2 is 2.08 bits per heavy atom. The van der Waals surface area contributed by atoms with Gasteiger partial charge in [-0.1, -0.05) is 12.2 Å². The molecule has 66 valence electrons. The first-order valence-electron chi connectivity index (χ1n) is 4.27. The van der Waals surface area contributed by atoms with Gasteiger partial charge in [0.25, 0.3) is 0 Å². The summed E-state index contributed by atoms with van der Waals surface area (Å²) in [6.45, 7) is 0. The Balaban J connectivity index is 2.13. The highest BCUT2D eigenvalue weighted by molar-refractivity contribution is 5.73. The molecule has 0 aromatic carbocycles. The minimum Gasteiger partial charge on any atom is -0.481 e. The summed E-state index contributed by atoms with van der Waals surface area (Å²) in [5.74, 6) is -0.654. The molecule has 0 saturated heterocycles. The van der Waals surface area contributed by atoms with Crippen molar-refractivity contribution in [1.82, 2.24) is 0 Å². The molecule has 1 saturated carbocycles. The number of allylic oxidation sites excluding steroid dienone is 1. The van der Waals surface area contributed by atoms with Crippen LogP contribution in [0.1, 0.15) is 12.8 Å². The topological polar surface area (TPSA) is 57.5 Å². The molecule has 0 aromatic rings. The third-order valence-electron chi connectivity index (χ3n) is 2.95. The van der Waals surface area contributed by atoms with E-state index in [9.17, 15) is 9.90 Å². The van der Waals surface area contributed by atoms with E-state index in [0.717, 1.165) is 6.42 Å². The van der Waals surface area contributed by atoms with Crippen LogP contribution in [-0.2, 0) is 4.79 Å². The van der Waals surface area contributed by atoms with Crippen molar-refractivity contribution in [3.63, 3.8) is 0 Å². The van der Waals surface area contributed by atoms with Crippen LogP contribution in [0.25, 0.3) is 0 Å². The normalized spacial score (nSPS) is 44.8. The number of carboxylic acids is 1. The van der Waals surface area contributed by atoms with Gasteiger partial charge in [0, 0.05) is 0 Å². The third kappa shape index (κ3) is 1.05. The van der Waals surface area contributed by atoms with Gasteiger partial charge in [-0.2, -0.15) is 0 Å². The first kappa shape index (κ1) is 7.80. The Morgan fingerprint density at radius 3 is 2.75 bits per heavy atom. The largest absolute Gasteiger partial charge is 0.481 e. The molecule has 0 bridgehead atoms. The SMILES string of the molecule is O=C(O)C1C=CC2CC(O)CC21. The molecular weight excluding hydrogens is 156 g/mol. The second-order valence-electron chi connectivity index (χ2n) is 3.70. The van der Waals surface area contributed by atoms with E-state index in [-0.39, 0.29) is 17.9 Å². The van der Waals surface area contributed by atoms with E-state index >= 15 is 0 Å². The molecule has 3 heteroatoms. The highest BCUT2D eigenvalue weighted by Crippen LogP contribution is 2.43. The summed E-state index contributed by atoms with van der Waals surface area (Å²) in [6, 6.07) is 0. The van der Waals surface area contributed by atoms with Gasteiger partial charge in [-0.3, -0.25) is 4.79 Å². The molecule has 0 spiro atoms. The van der Waals surface area contributed by atoms with Crippen molar-refractivity contribution in [1.29, 1.82) is 0 Å². The monoisotopic (exact) mass is 168 g/mol. The van der Waals surface area contributed by atoms with E-state index in [1.54, 1.807) is 6.08 Å². The Bertz CT molecular complexity index is 234. The van der Waals surface area contributed by atoms with E-state index < -0.39 is 5.97 Å². The van der Waals surface area contributed by atoms with Crippen molar-refractivity contribution in [3.8, 4) is 0 Å². The van der Waals surface area contributed by atoms with Gasteiger partial charge < -0.3 is 10.2 Å². The van der Waals surface area contributed by atoms with E-state index in [1.807, 2.05) is 6.08 Å². The van der Waals surface area contributed by atoms with Gasteiger partial charge in [-0.25, -0.2) is 0 Å². The number of carboxylic acid groups (broad SMARTS) is 1. The molecule has 2 N–H and O–H groups in total. The quantitative estimate of drug-likeness (QED) is 0.565. The molecule has 2 rings (SSSR count). The van der Waals surface area contributed by atoms with Crippen LogP contribution >= 0.6 is 0 Å². The van der Waals surface area contributed by atoms with Crippen molar-refractivity contribution in [3.05, 3.63) is 12.2 Å². The number of hydrogen-bond acceptors (Lipinski definition) is 2. The van der Waals surface area contributed by atoms with Crippen LogP contribution in [0, 0.1) is 17.8 Å². The molecule has 3 nitrogen and oxygen atoms in total. The predicted molar refractivity (Wildman–Crippen MR) is 42.5 cm³/mol. The van der Waals surface area contributed by atoms with Crippen LogP contribution < -0.4 is 0 Å². The van der Waals surface area contributed by atoms with Gasteiger partial charge in [0.1, 0.15) is 0 Å². The van der Waals surface area contributed by atoms with Crippen LogP contribution in [0.3, 0.4) is 0 Å². The van der Waals surface area contributed by atoms with Gasteiger partial charge in [0.05, 0.1) is 12.0 Å². The average Bonchev–Trinajstić information content (AvgIpc) is 2.43. The van der Waals surface area contributed by atoms with Crippen molar-refractivity contribution < 1.29 is 15.0 Å². The lowest BCUT2D eigenvalue weighted by Gasteiger charge is -2.13. The Hall–Kier alpha value is -0.830. The Kier molecular flexibility index (Phi) is 1.68. The molecule has 1 fully saturated rings. The van der Waals surface area contributed by atoms with Gasteiger partial charge in [0.15, 0.2) is 0 Å². The highest BCUT2D eigenvalue weighted by atomic mass is 16.4. The van der Waals surface area contributed by atoms with Gasteiger partial charge in [-0.15, -0.1) is 0 Å². The van der Waals surface area contributed by atoms with Crippen LogP contribution in [0.15, 0.2) is 12.2 Å². The van der Waals surface area contributed by atoms with Crippen LogP contribution in [0.2, 0.25) is 0 Å². The zero-order chi connectivity index (χ0) is 8.72. The molecule has 4 atom stereocenters. The fourth-order valence-electron chi connectivity index (χ4n) is 2.38. The van der Waals surface area contributed by atoms with Gasteiger partial charge in [-0.05, 0) is 24.7 Å². The highest BCUT2D eigenvalue weighted by Gasteiger charge is 2.42. The van der Waals surface area contributed by atoms with Crippen molar-refractivity contribution in [2.75, 3.05) is 0 Å². The molecule has 2 aliphatic rings. The zero-order valence-corrected chi connectivity index (χ0v) is 6.68. The summed E-state index contributed by atoms with van der Waals surface area (Å²) in [7, 11) is 0. The van der Waals surface area contributed by atoms with E-state index in [0.29, 0.717) is 12.3 Å². The summed E-state index contributed by atoms with van der Waals surface area (Å²) in [4.78, 5) is 10.7. The molecule has 0 heterocycles. The lowest BCUT2D eigenvalue weighted by Crippen LogP contribution is -2.19. The number of carbonyl (C=O) groups is 1. The molecule has 0 radical (unpaired) electrons. The minimum absolute atomic E-state index is 0.150. The van der Waals surface area contributed by atoms with Crippen LogP contribution in [-0.4, -0.2) is 22.3 Å². The molecular formula is C9H12O3. The fraction of sp³-hybridized carbons (Fsp3) is 0.667. The van der Waals surface area contributed by atoms with Crippen LogP contribution in [0.4, 0.5) is 0 Å². The van der Waals surface area contributed by atoms with Crippen molar-refractivity contribution in [2.45, 2.75) is 18.9 Å². The lowest BCUT2D eigenvalue weighted by atomic mass is 9.91. The summed E-state index contributed by atoms with van der Waals surface area (Å²) >= 11 is 0. The molecule has 0 aromatic heterocycles. The summed E-state index contributed by atoms with van der Waals surface area (Å²) in [5, 5.41) is 18.1. The summed E-state index contributed by atoms with van der Waals surface area (Å²) < 4.78 is 0. The molecule has 4 unspecified atom stereocenters. The molecule has 0 amide bonds. The second-order valence-corrected chi connectivity index (χ2v) is 3.70. The molecule has 12 heavy (non-hydrogen) atoms. The number of rotatable bonds is 1. The average molecular weight is 168 g/mol. The second kappa shape index (κ2) is 2.59. The number of hydrogen-bond donors (Lipinski definition) is 2. The molecule has 2 aliphatic carbocycles. The zero-order valence-electron chi connectivity index (χ0n) is 6.68. The number of aliphatic hydroxyl groups is 1. The standard InChI is InChI=1S/C9H12O3/c10-6-3-5-1-2-7(9(11)12)8(5)4-6/h1-2,5-8,10H,3-4H2,(H,11,12). The lowest BCUT2D eigenvalue weighted by molar-refractivity contribution is -0.141. The maximum Gasteiger partial charge on any atom is 0.310 e. The smallest absolute Gasteiger partial charge is 0.310 e. The number of aliphatic carboxylic acids is 1. The Morgan fingerprint density at radius 1 is 1.33 bits per heavy atom. The van der Waals surface area contributed by atoms with E-state index in [1.165, 1.54) is 0 Å². The first-order valence-corrected chi connectivity index (χ1v) is 4.27. The first-order chi connectivity index (χ1) is 5.68. The maximum atomic E-state index is 10.7. The minimum atomic E-state index is -0.757.